The van der Waals surface area contributed by atoms with E-state index in [-0.39, 0.29) is 11.4 Å². The second-order valence-corrected chi connectivity index (χ2v) is 6.77. The SMILES string of the molecule is Cc1ccc(S(=O)(=O)N2CCOc3ccccc32)cc1N. The lowest BCUT2D eigenvalue weighted by Gasteiger charge is -2.30. The first-order chi connectivity index (χ1) is 10.00. The van der Waals surface area contributed by atoms with Crippen molar-refractivity contribution >= 4 is 21.4 Å². The van der Waals surface area contributed by atoms with E-state index >= 15 is 0 Å². The third kappa shape index (κ3) is 2.31. The van der Waals surface area contributed by atoms with Crippen molar-refractivity contribution in [2.24, 2.45) is 0 Å². The molecule has 0 fully saturated rings. The number of nitrogens with two attached hydrogens (primary N) is 1. The molecule has 0 radical (unpaired) electrons. The zero-order valence-corrected chi connectivity index (χ0v) is 12.4. The largest absolute Gasteiger partial charge is 0.489 e. The fraction of sp³-hybridized carbons (Fsp3) is 0.200. The second-order valence-electron chi connectivity index (χ2n) is 4.91. The molecule has 1 heterocycles. The van der Waals surface area contributed by atoms with Crippen LogP contribution in [-0.4, -0.2) is 21.6 Å². The molecule has 3 rings (SSSR count). The minimum Gasteiger partial charge on any atom is -0.489 e. The van der Waals surface area contributed by atoms with Gasteiger partial charge < -0.3 is 10.5 Å². The maximum absolute atomic E-state index is 12.8. The van der Waals surface area contributed by atoms with Gasteiger partial charge in [-0.05, 0) is 36.8 Å². The Morgan fingerprint density at radius 2 is 1.95 bits per heavy atom. The summed E-state index contributed by atoms with van der Waals surface area (Å²) in [6.07, 6.45) is 0. The van der Waals surface area contributed by atoms with Crippen LogP contribution in [-0.2, 0) is 10.0 Å². The van der Waals surface area contributed by atoms with Crippen molar-refractivity contribution in [1.82, 2.24) is 0 Å². The van der Waals surface area contributed by atoms with E-state index in [9.17, 15) is 8.42 Å². The molecule has 2 aromatic rings. The van der Waals surface area contributed by atoms with Crippen molar-refractivity contribution in [3.05, 3.63) is 48.0 Å². The summed E-state index contributed by atoms with van der Waals surface area (Å²) >= 11 is 0. The van der Waals surface area contributed by atoms with Crippen LogP contribution in [0.2, 0.25) is 0 Å². The normalized spacial score (nSPS) is 14.4. The smallest absolute Gasteiger partial charge is 0.264 e. The summed E-state index contributed by atoms with van der Waals surface area (Å²) in [6, 6.07) is 11.9. The summed E-state index contributed by atoms with van der Waals surface area (Å²) < 4.78 is 32.5. The van der Waals surface area contributed by atoms with Gasteiger partial charge in [0.2, 0.25) is 0 Å². The molecule has 0 saturated heterocycles. The molecule has 1 aliphatic heterocycles. The quantitative estimate of drug-likeness (QED) is 0.863. The third-order valence-electron chi connectivity index (χ3n) is 3.52. The standard InChI is InChI=1S/C15H16N2O3S/c1-11-6-7-12(10-13(11)16)21(18,19)17-8-9-20-15-5-3-2-4-14(15)17/h2-7,10H,8-9,16H2,1H3. The molecule has 2 N–H and O–H groups in total. The summed E-state index contributed by atoms with van der Waals surface area (Å²) in [5.41, 5.74) is 7.72. The maximum atomic E-state index is 12.8. The highest BCUT2D eigenvalue weighted by atomic mass is 32.2. The Bertz CT molecular complexity index is 787. The molecule has 0 aliphatic carbocycles. The monoisotopic (exact) mass is 304 g/mol. The predicted octanol–water partition coefficient (Wildman–Crippen LogP) is 2.16. The van der Waals surface area contributed by atoms with E-state index in [1.54, 1.807) is 30.3 Å². The van der Waals surface area contributed by atoms with Crippen LogP contribution in [0.5, 0.6) is 5.75 Å². The number of hydrogen-bond donors (Lipinski definition) is 1. The van der Waals surface area contributed by atoms with Gasteiger partial charge in [-0.15, -0.1) is 0 Å². The van der Waals surface area contributed by atoms with Crippen LogP contribution in [0, 0.1) is 6.92 Å². The summed E-state index contributed by atoms with van der Waals surface area (Å²) in [6.45, 7) is 2.46. The zero-order chi connectivity index (χ0) is 15.0. The Labute approximate surface area is 124 Å². The summed E-state index contributed by atoms with van der Waals surface area (Å²) in [4.78, 5) is 0.197. The highest BCUT2D eigenvalue weighted by Crippen LogP contribution is 2.35. The Balaban J connectivity index is 2.09. The summed E-state index contributed by atoms with van der Waals surface area (Å²) in [7, 11) is -3.64. The lowest BCUT2D eigenvalue weighted by Crippen LogP contribution is -2.37. The van der Waals surface area contributed by atoms with Gasteiger partial charge in [-0.3, -0.25) is 4.31 Å². The summed E-state index contributed by atoms with van der Waals surface area (Å²) in [5.74, 6) is 0.576. The molecule has 0 bridgehead atoms. The minimum atomic E-state index is -3.64. The van der Waals surface area contributed by atoms with Crippen LogP contribution in [0.15, 0.2) is 47.4 Å². The molecule has 0 aromatic heterocycles. The van der Waals surface area contributed by atoms with E-state index in [1.165, 1.54) is 10.4 Å². The number of para-hydroxylation sites is 2. The third-order valence-corrected chi connectivity index (χ3v) is 5.33. The highest BCUT2D eigenvalue weighted by molar-refractivity contribution is 7.92. The molecule has 0 saturated carbocycles. The van der Waals surface area contributed by atoms with Crippen molar-refractivity contribution in [1.29, 1.82) is 0 Å². The molecule has 110 valence electrons. The van der Waals surface area contributed by atoms with Gasteiger partial charge in [0.05, 0.1) is 17.1 Å². The number of benzene rings is 2. The number of fused-ring (bicyclic) bond motifs is 1. The Kier molecular flexibility index (Phi) is 3.25. The predicted molar refractivity (Wildman–Crippen MR) is 82.1 cm³/mol. The van der Waals surface area contributed by atoms with Crippen molar-refractivity contribution in [3.63, 3.8) is 0 Å². The topological polar surface area (TPSA) is 72.6 Å². The molecule has 21 heavy (non-hydrogen) atoms. The van der Waals surface area contributed by atoms with E-state index in [0.29, 0.717) is 23.7 Å². The Hall–Kier alpha value is -2.21. The van der Waals surface area contributed by atoms with Crippen molar-refractivity contribution in [3.8, 4) is 5.75 Å². The molecule has 0 unspecified atom stereocenters. The van der Waals surface area contributed by atoms with Crippen molar-refractivity contribution < 1.29 is 13.2 Å². The number of sulfonamides is 1. The first-order valence-electron chi connectivity index (χ1n) is 6.61. The van der Waals surface area contributed by atoms with Crippen LogP contribution >= 0.6 is 0 Å². The van der Waals surface area contributed by atoms with E-state index in [4.69, 9.17) is 10.5 Å². The molecule has 0 amide bonds. The zero-order valence-electron chi connectivity index (χ0n) is 11.6. The number of rotatable bonds is 2. The van der Waals surface area contributed by atoms with Gasteiger partial charge in [-0.1, -0.05) is 18.2 Å². The molecule has 0 atom stereocenters. The van der Waals surface area contributed by atoms with E-state index < -0.39 is 10.0 Å². The summed E-state index contributed by atoms with van der Waals surface area (Å²) in [5, 5.41) is 0. The lowest BCUT2D eigenvalue weighted by atomic mass is 10.2. The van der Waals surface area contributed by atoms with Gasteiger partial charge >= 0.3 is 0 Å². The first kappa shape index (κ1) is 13.8. The van der Waals surface area contributed by atoms with E-state index in [1.807, 2.05) is 13.0 Å². The van der Waals surface area contributed by atoms with Crippen molar-refractivity contribution in [2.75, 3.05) is 23.2 Å². The molecular weight excluding hydrogens is 288 g/mol. The van der Waals surface area contributed by atoms with Crippen molar-refractivity contribution in [2.45, 2.75) is 11.8 Å². The van der Waals surface area contributed by atoms with E-state index in [2.05, 4.69) is 0 Å². The second kappa shape index (κ2) is 4.96. The fourth-order valence-electron chi connectivity index (χ4n) is 2.30. The number of ether oxygens (including phenoxy) is 1. The number of aryl methyl sites for hydroxylation is 1. The van der Waals surface area contributed by atoms with Crippen LogP contribution in [0.4, 0.5) is 11.4 Å². The molecule has 1 aliphatic rings. The van der Waals surface area contributed by atoms with Gasteiger partial charge in [0.15, 0.2) is 0 Å². The average molecular weight is 304 g/mol. The highest BCUT2D eigenvalue weighted by Gasteiger charge is 2.30. The number of anilines is 2. The maximum Gasteiger partial charge on any atom is 0.264 e. The first-order valence-corrected chi connectivity index (χ1v) is 8.05. The molecule has 0 spiro atoms. The van der Waals surface area contributed by atoms with Crippen LogP contribution in [0.25, 0.3) is 0 Å². The van der Waals surface area contributed by atoms with Gasteiger partial charge in [-0.25, -0.2) is 8.42 Å². The van der Waals surface area contributed by atoms with Gasteiger partial charge in [-0.2, -0.15) is 0 Å². The Morgan fingerprint density at radius 3 is 2.71 bits per heavy atom. The Morgan fingerprint density at radius 1 is 1.19 bits per heavy atom. The lowest BCUT2D eigenvalue weighted by molar-refractivity contribution is 0.316. The van der Waals surface area contributed by atoms with Crippen LogP contribution in [0.1, 0.15) is 5.56 Å². The molecule has 5 nitrogen and oxygen atoms in total. The minimum absolute atomic E-state index is 0.197. The van der Waals surface area contributed by atoms with Gasteiger partial charge in [0.25, 0.3) is 10.0 Å². The fourth-order valence-corrected chi connectivity index (χ4v) is 3.80. The molecule has 2 aromatic carbocycles. The average Bonchev–Trinajstić information content (AvgIpc) is 2.49. The molecular formula is C15H16N2O3S. The van der Waals surface area contributed by atoms with Gasteiger partial charge in [0.1, 0.15) is 12.4 Å². The number of nitrogen functional groups attached to an aromatic ring is 1. The number of hydrogen-bond acceptors (Lipinski definition) is 4. The van der Waals surface area contributed by atoms with Gasteiger partial charge in [0, 0.05) is 5.69 Å². The van der Waals surface area contributed by atoms with Crippen LogP contribution < -0.4 is 14.8 Å². The number of nitrogens with zero attached hydrogens (tertiary/aromatic N) is 1. The van der Waals surface area contributed by atoms with E-state index in [0.717, 1.165) is 5.56 Å². The van der Waals surface area contributed by atoms with Crippen LogP contribution in [0.3, 0.4) is 0 Å². The molecule has 6 heteroatoms.